The molecule has 1 aromatic heterocycles. The number of aromatic nitrogens is 1. The fourth-order valence-electron chi connectivity index (χ4n) is 2.44. The Bertz CT molecular complexity index is 790. The van der Waals surface area contributed by atoms with Crippen molar-refractivity contribution in [3.8, 4) is 0 Å². The van der Waals surface area contributed by atoms with Crippen molar-refractivity contribution in [3.05, 3.63) is 58.3 Å². The summed E-state index contributed by atoms with van der Waals surface area (Å²) in [5.41, 5.74) is 4.19. The van der Waals surface area contributed by atoms with Crippen molar-refractivity contribution < 1.29 is 4.79 Å². The molecule has 5 heteroatoms. The number of hydrogen-bond donors (Lipinski definition) is 0. The van der Waals surface area contributed by atoms with Gasteiger partial charge in [0.15, 0.2) is 4.32 Å². The highest BCUT2D eigenvalue weighted by molar-refractivity contribution is 8.27. The minimum absolute atomic E-state index is 0.0536. The smallest absolute Gasteiger partial charge is 0.270 e. The van der Waals surface area contributed by atoms with Crippen molar-refractivity contribution in [2.24, 2.45) is 7.05 Å². The molecule has 0 unspecified atom stereocenters. The van der Waals surface area contributed by atoms with Crippen LogP contribution in [0, 0.1) is 13.8 Å². The molecule has 0 N–H and O–H groups in total. The predicted octanol–water partition coefficient (Wildman–Crippen LogP) is 4.05. The summed E-state index contributed by atoms with van der Waals surface area (Å²) in [4.78, 5) is 14.9. The molecule has 0 radical (unpaired) electrons. The number of anilines is 1. The third kappa shape index (κ3) is 2.51. The molecule has 2 heterocycles. The Morgan fingerprint density at radius 2 is 1.86 bits per heavy atom. The molecule has 1 amide bonds. The van der Waals surface area contributed by atoms with E-state index in [0.717, 1.165) is 16.9 Å². The Kier molecular flexibility index (Phi) is 3.93. The second-order valence-corrected chi connectivity index (χ2v) is 6.91. The summed E-state index contributed by atoms with van der Waals surface area (Å²) in [6.45, 7) is 4.11. The first-order chi connectivity index (χ1) is 10.5. The molecule has 0 bridgehead atoms. The molecule has 0 spiro atoms. The molecule has 1 saturated heterocycles. The van der Waals surface area contributed by atoms with Crippen molar-refractivity contribution in [2.75, 3.05) is 4.90 Å². The summed E-state index contributed by atoms with van der Waals surface area (Å²) in [7, 11) is 2.02. The van der Waals surface area contributed by atoms with Gasteiger partial charge in [-0.05, 0) is 43.7 Å². The predicted molar refractivity (Wildman–Crippen MR) is 97.0 cm³/mol. The van der Waals surface area contributed by atoms with Gasteiger partial charge in [-0.3, -0.25) is 9.69 Å². The molecule has 2 aromatic rings. The van der Waals surface area contributed by atoms with Gasteiger partial charge in [0.2, 0.25) is 0 Å². The van der Waals surface area contributed by atoms with Gasteiger partial charge in [0.1, 0.15) is 0 Å². The molecule has 22 heavy (non-hydrogen) atoms. The van der Waals surface area contributed by atoms with Gasteiger partial charge in [-0.2, -0.15) is 0 Å². The van der Waals surface area contributed by atoms with Gasteiger partial charge in [0.25, 0.3) is 5.91 Å². The fourth-order valence-corrected chi connectivity index (χ4v) is 3.73. The second-order valence-electron chi connectivity index (χ2n) is 5.24. The highest BCUT2D eigenvalue weighted by Gasteiger charge is 2.33. The maximum atomic E-state index is 12.7. The maximum Gasteiger partial charge on any atom is 0.270 e. The Morgan fingerprint density at radius 3 is 2.45 bits per heavy atom. The van der Waals surface area contributed by atoms with Gasteiger partial charge < -0.3 is 4.57 Å². The average molecular weight is 328 g/mol. The van der Waals surface area contributed by atoms with E-state index in [1.807, 2.05) is 43.5 Å². The van der Waals surface area contributed by atoms with Crippen LogP contribution in [0.5, 0.6) is 0 Å². The van der Waals surface area contributed by atoms with Gasteiger partial charge in [-0.1, -0.05) is 42.2 Å². The lowest BCUT2D eigenvalue weighted by molar-refractivity contribution is -0.113. The SMILES string of the molecule is Cc1cc(/C=C2/SC(=S)N(c3ccccc3)C2=O)c(C)n1C. The number of rotatable bonds is 2. The minimum Gasteiger partial charge on any atom is -0.352 e. The number of aryl methyl sites for hydroxylation is 1. The van der Waals surface area contributed by atoms with Gasteiger partial charge in [-0.15, -0.1) is 0 Å². The van der Waals surface area contributed by atoms with E-state index in [2.05, 4.69) is 24.5 Å². The number of hydrogen-bond acceptors (Lipinski definition) is 3. The largest absolute Gasteiger partial charge is 0.352 e. The van der Waals surface area contributed by atoms with Crippen molar-refractivity contribution >= 4 is 46.0 Å². The van der Waals surface area contributed by atoms with Crippen LogP contribution in [0.2, 0.25) is 0 Å². The van der Waals surface area contributed by atoms with E-state index in [0.29, 0.717) is 9.23 Å². The number of nitrogens with zero attached hydrogens (tertiary/aromatic N) is 2. The fraction of sp³-hybridized carbons (Fsp3) is 0.176. The Hall–Kier alpha value is -1.85. The lowest BCUT2D eigenvalue weighted by Crippen LogP contribution is -2.27. The van der Waals surface area contributed by atoms with Crippen LogP contribution in [0.4, 0.5) is 5.69 Å². The molecule has 0 saturated carbocycles. The first kappa shape index (κ1) is 15.1. The van der Waals surface area contributed by atoms with E-state index < -0.39 is 0 Å². The third-order valence-electron chi connectivity index (χ3n) is 3.91. The van der Waals surface area contributed by atoms with Crippen LogP contribution >= 0.6 is 24.0 Å². The average Bonchev–Trinajstić information content (AvgIpc) is 2.92. The number of benzene rings is 1. The number of para-hydroxylation sites is 1. The molecule has 1 aromatic carbocycles. The summed E-state index contributed by atoms with van der Waals surface area (Å²) < 4.78 is 2.69. The molecule has 3 rings (SSSR count). The summed E-state index contributed by atoms with van der Waals surface area (Å²) in [6.07, 6.45) is 1.94. The summed E-state index contributed by atoms with van der Waals surface area (Å²) in [5.74, 6) is -0.0536. The van der Waals surface area contributed by atoms with Crippen LogP contribution in [-0.2, 0) is 11.8 Å². The second kappa shape index (κ2) is 5.74. The normalized spacial score (nSPS) is 16.9. The van der Waals surface area contributed by atoms with Crippen LogP contribution in [0.3, 0.4) is 0 Å². The minimum atomic E-state index is -0.0536. The van der Waals surface area contributed by atoms with Crippen molar-refractivity contribution in [1.29, 1.82) is 0 Å². The molecule has 3 nitrogen and oxygen atoms in total. The molecule has 112 valence electrons. The van der Waals surface area contributed by atoms with Gasteiger partial charge >= 0.3 is 0 Å². The van der Waals surface area contributed by atoms with Crippen molar-refractivity contribution in [1.82, 2.24) is 4.57 Å². The van der Waals surface area contributed by atoms with E-state index >= 15 is 0 Å². The number of carbonyl (C=O) groups excluding carboxylic acids is 1. The lowest BCUT2D eigenvalue weighted by atomic mass is 10.2. The van der Waals surface area contributed by atoms with E-state index in [-0.39, 0.29) is 5.91 Å². The Balaban J connectivity index is 1.97. The van der Waals surface area contributed by atoms with E-state index in [9.17, 15) is 4.79 Å². The van der Waals surface area contributed by atoms with Crippen LogP contribution in [-0.4, -0.2) is 14.8 Å². The quantitative estimate of drug-likeness (QED) is 0.614. The first-order valence-electron chi connectivity index (χ1n) is 6.95. The molecular formula is C17H16N2OS2. The summed E-state index contributed by atoms with van der Waals surface area (Å²) in [6, 6.07) is 11.6. The molecular weight excluding hydrogens is 312 g/mol. The molecule has 1 aliphatic heterocycles. The third-order valence-corrected chi connectivity index (χ3v) is 5.21. The van der Waals surface area contributed by atoms with E-state index in [1.165, 1.54) is 17.5 Å². The lowest BCUT2D eigenvalue weighted by Gasteiger charge is -2.13. The Morgan fingerprint density at radius 1 is 1.18 bits per heavy atom. The molecule has 0 atom stereocenters. The van der Waals surface area contributed by atoms with Gasteiger partial charge in [0, 0.05) is 18.4 Å². The monoisotopic (exact) mass is 328 g/mol. The van der Waals surface area contributed by atoms with Crippen molar-refractivity contribution in [3.63, 3.8) is 0 Å². The topological polar surface area (TPSA) is 25.2 Å². The standard InChI is InChI=1S/C17H16N2OS2/c1-11-9-13(12(2)18(11)3)10-15-16(20)19(17(21)22-15)14-7-5-4-6-8-14/h4-10H,1-3H3/b15-10+. The van der Waals surface area contributed by atoms with Gasteiger partial charge in [0.05, 0.1) is 10.6 Å². The van der Waals surface area contributed by atoms with Crippen molar-refractivity contribution in [2.45, 2.75) is 13.8 Å². The van der Waals surface area contributed by atoms with E-state index in [1.54, 1.807) is 4.90 Å². The number of carbonyl (C=O) groups is 1. The molecule has 1 fully saturated rings. The maximum absolute atomic E-state index is 12.7. The van der Waals surface area contributed by atoms with Crippen LogP contribution in [0.1, 0.15) is 17.0 Å². The van der Waals surface area contributed by atoms with Gasteiger partial charge in [-0.25, -0.2) is 0 Å². The molecule has 1 aliphatic rings. The summed E-state index contributed by atoms with van der Waals surface area (Å²) in [5, 5.41) is 0. The number of thioether (sulfide) groups is 1. The molecule has 0 aliphatic carbocycles. The zero-order valence-electron chi connectivity index (χ0n) is 12.7. The number of thiocarbonyl (C=S) groups is 1. The highest BCUT2D eigenvalue weighted by atomic mass is 32.2. The first-order valence-corrected chi connectivity index (χ1v) is 8.17. The highest BCUT2D eigenvalue weighted by Crippen LogP contribution is 2.36. The number of amides is 1. The van der Waals surface area contributed by atoms with E-state index in [4.69, 9.17) is 12.2 Å². The zero-order valence-corrected chi connectivity index (χ0v) is 14.3. The van der Waals surface area contributed by atoms with Crippen LogP contribution < -0.4 is 4.90 Å². The van der Waals surface area contributed by atoms with Crippen LogP contribution in [0.15, 0.2) is 41.3 Å². The zero-order chi connectivity index (χ0) is 15.9. The van der Waals surface area contributed by atoms with Crippen LogP contribution in [0.25, 0.3) is 6.08 Å². The Labute approximate surface area is 139 Å². The summed E-state index contributed by atoms with van der Waals surface area (Å²) >= 11 is 6.73.